The molecule has 61 heavy (non-hydrogen) atoms. The SMILES string of the molecule is Cc1nc(C)nc(-c2ccc3c4ccccc4n(-c4cc(-c5ccc(C(F)(F)F)cc5C)cc(-n5c6ccccc6c6ccc(-c7nc(C)nc(C)n7)cc65)c4C#N)c3c2)n1. The van der Waals surface area contributed by atoms with Gasteiger partial charge in [-0.25, -0.2) is 29.9 Å². The molecule has 4 aromatic heterocycles. The van der Waals surface area contributed by atoms with Gasteiger partial charge in [-0.2, -0.15) is 18.4 Å². The predicted octanol–water partition coefficient (Wildman–Crippen LogP) is 11.7. The van der Waals surface area contributed by atoms with Crippen LogP contribution in [0.2, 0.25) is 0 Å². The fourth-order valence-electron chi connectivity index (χ4n) is 8.63. The molecule has 0 atom stereocenters. The Balaban J connectivity index is 1.34. The minimum atomic E-state index is -4.52. The van der Waals surface area contributed by atoms with E-state index in [1.165, 1.54) is 12.1 Å². The largest absolute Gasteiger partial charge is 0.416 e. The summed E-state index contributed by atoms with van der Waals surface area (Å²) in [6.45, 7) is 8.98. The van der Waals surface area contributed by atoms with Crippen molar-refractivity contribution >= 4 is 43.6 Å². The number of alkyl halides is 3. The molecule has 10 rings (SSSR count). The van der Waals surface area contributed by atoms with E-state index < -0.39 is 11.7 Å². The fraction of sp³-hybridized carbons (Fsp3) is 0.122. The highest BCUT2D eigenvalue weighted by atomic mass is 19.4. The summed E-state index contributed by atoms with van der Waals surface area (Å²) in [4.78, 5) is 27.4. The number of aromatic nitrogens is 8. The van der Waals surface area contributed by atoms with Crippen LogP contribution in [-0.2, 0) is 6.18 Å². The zero-order valence-corrected chi connectivity index (χ0v) is 33.6. The quantitative estimate of drug-likeness (QED) is 0.170. The Bertz CT molecular complexity index is 3270. The molecule has 9 nitrogen and oxygen atoms in total. The van der Waals surface area contributed by atoms with Crippen LogP contribution in [0.4, 0.5) is 13.2 Å². The zero-order chi connectivity index (χ0) is 42.3. The maximum absolute atomic E-state index is 14.0. The third-order valence-electron chi connectivity index (χ3n) is 11.1. The summed E-state index contributed by atoms with van der Waals surface area (Å²) >= 11 is 0. The molecule has 296 valence electrons. The lowest BCUT2D eigenvalue weighted by atomic mass is 9.95. The summed E-state index contributed by atoms with van der Waals surface area (Å²) in [6, 6.07) is 38.2. The van der Waals surface area contributed by atoms with E-state index >= 15 is 0 Å². The van der Waals surface area contributed by atoms with Crippen molar-refractivity contribution in [3.05, 3.63) is 155 Å². The number of para-hydroxylation sites is 2. The molecular weight excluding hydrogens is 772 g/mol. The van der Waals surface area contributed by atoms with Gasteiger partial charge in [0, 0.05) is 32.7 Å². The van der Waals surface area contributed by atoms with Crippen molar-refractivity contribution in [1.82, 2.24) is 39.0 Å². The first-order chi connectivity index (χ1) is 29.4. The lowest BCUT2D eigenvalue weighted by Gasteiger charge is -2.19. The van der Waals surface area contributed by atoms with Crippen molar-refractivity contribution in [1.29, 1.82) is 5.26 Å². The standard InChI is InChI=1S/C49H34F3N9/c1-26-20-34(49(50,51)52)16-19-35(26)33-23-45(60-41-12-8-6-10-36(41)38-17-14-31(21-43(38)60)47-56-27(2)54-28(3)57-47)40(25-53)46(24-33)61-42-13-9-7-11-37(42)39-18-15-32(22-44(39)61)48-58-29(4)55-30(5)59-48/h6-24H,1-5H3. The summed E-state index contributed by atoms with van der Waals surface area (Å²) in [6.07, 6.45) is -4.52. The number of aryl methyl sites for hydroxylation is 5. The number of nitrogens with zero attached hydrogens (tertiary/aromatic N) is 9. The van der Waals surface area contributed by atoms with E-state index in [0.717, 1.165) is 60.8 Å². The van der Waals surface area contributed by atoms with Gasteiger partial charge in [0.25, 0.3) is 0 Å². The topological polar surface area (TPSA) is 111 Å². The van der Waals surface area contributed by atoms with Crippen LogP contribution in [0.1, 0.15) is 40.0 Å². The molecule has 0 aliphatic rings. The van der Waals surface area contributed by atoms with Gasteiger partial charge < -0.3 is 9.13 Å². The van der Waals surface area contributed by atoms with Crippen LogP contribution in [-0.4, -0.2) is 39.0 Å². The molecule has 0 saturated carbocycles. The van der Waals surface area contributed by atoms with E-state index in [1.54, 1.807) is 6.92 Å². The molecule has 0 aliphatic carbocycles. The predicted molar refractivity (Wildman–Crippen MR) is 232 cm³/mol. The molecule has 0 radical (unpaired) electrons. The van der Waals surface area contributed by atoms with Gasteiger partial charge in [0.2, 0.25) is 0 Å². The monoisotopic (exact) mass is 805 g/mol. The first kappa shape index (κ1) is 37.5. The summed E-state index contributed by atoms with van der Waals surface area (Å²) in [5.41, 5.74) is 7.17. The van der Waals surface area contributed by atoms with Crippen LogP contribution in [0.3, 0.4) is 0 Å². The first-order valence-electron chi connectivity index (χ1n) is 19.6. The highest BCUT2D eigenvalue weighted by molar-refractivity contribution is 6.12. The number of hydrogen-bond donors (Lipinski definition) is 0. The van der Waals surface area contributed by atoms with E-state index in [-0.39, 0.29) is 0 Å². The van der Waals surface area contributed by atoms with Crippen molar-refractivity contribution in [3.8, 4) is 51.3 Å². The second-order valence-corrected chi connectivity index (χ2v) is 15.2. The lowest BCUT2D eigenvalue weighted by molar-refractivity contribution is -0.137. The van der Waals surface area contributed by atoms with Gasteiger partial charge in [-0.15, -0.1) is 0 Å². The molecule has 0 bridgehead atoms. The molecule has 0 N–H and O–H groups in total. The molecule has 0 saturated heterocycles. The molecular formula is C49H34F3N9. The van der Waals surface area contributed by atoms with Crippen LogP contribution in [0, 0.1) is 45.9 Å². The molecule has 12 heteroatoms. The van der Waals surface area contributed by atoms with Gasteiger partial charge in [0.1, 0.15) is 34.9 Å². The van der Waals surface area contributed by atoms with Crippen LogP contribution in [0.5, 0.6) is 0 Å². The molecule has 10 aromatic rings. The summed E-state index contributed by atoms with van der Waals surface area (Å²) in [5, 5.41) is 15.2. The lowest BCUT2D eigenvalue weighted by Crippen LogP contribution is -2.07. The van der Waals surface area contributed by atoms with E-state index in [4.69, 9.17) is 0 Å². The average molecular weight is 806 g/mol. The summed E-state index contributed by atoms with van der Waals surface area (Å²) in [5.74, 6) is 3.40. The van der Waals surface area contributed by atoms with Gasteiger partial charge in [-0.1, -0.05) is 66.7 Å². The second-order valence-electron chi connectivity index (χ2n) is 15.2. The third-order valence-corrected chi connectivity index (χ3v) is 11.1. The normalized spacial score (nSPS) is 11.9. The van der Waals surface area contributed by atoms with Gasteiger partial charge >= 0.3 is 6.18 Å². The maximum Gasteiger partial charge on any atom is 0.416 e. The minimum Gasteiger partial charge on any atom is -0.308 e. The number of fused-ring (bicyclic) bond motifs is 6. The van der Waals surface area contributed by atoms with E-state index in [0.29, 0.717) is 68.6 Å². The molecule has 4 heterocycles. The summed E-state index contributed by atoms with van der Waals surface area (Å²) in [7, 11) is 0. The molecule has 0 unspecified atom stereocenters. The van der Waals surface area contributed by atoms with Crippen LogP contribution >= 0.6 is 0 Å². The first-order valence-corrected chi connectivity index (χ1v) is 19.6. The fourth-order valence-corrected chi connectivity index (χ4v) is 8.63. The third kappa shape index (κ3) is 6.25. The number of halogens is 3. The zero-order valence-electron chi connectivity index (χ0n) is 33.6. The van der Waals surface area contributed by atoms with Crippen LogP contribution in [0.25, 0.3) is 88.9 Å². The molecule has 0 fully saturated rings. The second kappa shape index (κ2) is 13.9. The Labute approximate surface area is 347 Å². The average Bonchev–Trinajstić information content (AvgIpc) is 3.74. The van der Waals surface area contributed by atoms with Crippen molar-refractivity contribution in [3.63, 3.8) is 0 Å². The summed E-state index contributed by atoms with van der Waals surface area (Å²) < 4.78 is 46.2. The Morgan fingerprint density at radius 1 is 0.475 bits per heavy atom. The van der Waals surface area contributed by atoms with Crippen molar-refractivity contribution in [2.45, 2.75) is 40.8 Å². The number of benzene rings is 6. The highest BCUT2D eigenvalue weighted by Crippen LogP contribution is 2.42. The smallest absolute Gasteiger partial charge is 0.308 e. The van der Waals surface area contributed by atoms with Gasteiger partial charge in [-0.3, -0.25) is 0 Å². The number of hydrogen-bond acceptors (Lipinski definition) is 7. The Morgan fingerprint density at radius 3 is 1.34 bits per heavy atom. The molecule has 0 spiro atoms. The molecule has 6 aromatic carbocycles. The number of nitriles is 1. The Morgan fingerprint density at radius 2 is 0.918 bits per heavy atom. The highest BCUT2D eigenvalue weighted by Gasteiger charge is 2.31. The van der Waals surface area contributed by atoms with Gasteiger partial charge in [-0.05, 0) is 99.8 Å². The van der Waals surface area contributed by atoms with Crippen LogP contribution < -0.4 is 0 Å². The molecule has 0 amide bonds. The molecule has 0 aliphatic heterocycles. The van der Waals surface area contributed by atoms with E-state index in [1.807, 2.05) is 125 Å². The number of rotatable bonds is 5. The van der Waals surface area contributed by atoms with Crippen molar-refractivity contribution in [2.75, 3.05) is 0 Å². The van der Waals surface area contributed by atoms with Crippen molar-refractivity contribution < 1.29 is 13.2 Å². The van der Waals surface area contributed by atoms with Crippen molar-refractivity contribution in [2.24, 2.45) is 0 Å². The van der Waals surface area contributed by atoms with Gasteiger partial charge in [0.05, 0.1) is 39.0 Å². The maximum atomic E-state index is 14.0. The van der Waals surface area contributed by atoms with Crippen LogP contribution in [0.15, 0.2) is 115 Å². The van der Waals surface area contributed by atoms with E-state index in [9.17, 15) is 18.4 Å². The Kier molecular flexibility index (Phi) is 8.55. The Hall–Kier alpha value is -7.78. The van der Waals surface area contributed by atoms with E-state index in [2.05, 4.69) is 45.1 Å². The minimum absolute atomic E-state index is 0.355. The van der Waals surface area contributed by atoms with Gasteiger partial charge in [0.15, 0.2) is 11.6 Å².